The van der Waals surface area contributed by atoms with Crippen molar-refractivity contribution in [1.82, 2.24) is 10.2 Å². The van der Waals surface area contributed by atoms with Crippen LogP contribution in [0.25, 0.3) is 0 Å². The van der Waals surface area contributed by atoms with E-state index in [1.165, 1.54) is 6.42 Å². The van der Waals surface area contributed by atoms with Crippen LogP contribution in [0.5, 0.6) is 11.5 Å². The Morgan fingerprint density at radius 3 is 2.76 bits per heavy atom. The number of ether oxygens (including phenoxy) is 2. The summed E-state index contributed by atoms with van der Waals surface area (Å²) in [6, 6.07) is 5.97. The first-order valence-corrected chi connectivity index (χ1v) is 9.08. The average molecular weight is 346 g/mol. The number of amides is 1. The lowest BCUT2D eigenvalue weighted by atomic mass is 10.0. The van der Waals surface area contributed by atoms with Crippen LogP contribution in [0.1, 0.15) is 31.7 Å². The minimum atomic E-state index is -0.0776. The molecular weight excluding hydrogens is 316 g/mol. The first kappa shape index (κ1) is 19.3. The zero-order valence-corrected chi connectivity index (χ0v) is 15.4. The number of rotatable bonds is 9. The van der Waals surface area contributed by atoms with Crippen LogP contribution in [-0.2, 0) is 11.2 Å². The lowest BCUT2D eigenvalue weighted by Crippen LogP contribution is -2.46. The lowest BCUT2D eigenvalue weighted by molar-refractivity contribution is -0.124. The van der Waals surface area contributed by atoms with Crippen LogP contribution in [0.4, 0.5) is 0 Å². The Bertz CT molecular complexity index is 566. The van der Waals surface area contributed by atoms with Gasteiger partial charge in [0.25, 0.3) is 5.91 Å². The smallest absolute Gasteiger partial charge is 0.258 e. The van der Waals surface area contributed by atoms with Crippen molar-refractivity contribution >= 4 is 5.91 Å². The fraction of sp³-hybridized carbons (Fsp3) is 0.550. The molecule has 1 N–H and O–H groups in total. The first-order valence-electron chi connectivity index (χ1n) is 9.08. The number of hydrogen-bond donors (Lipinski definition) is 1. The summed E-state index contributed by atoms with van der Waals surface area (Å²) in [6.45, 7) is 9.19. The second-order valence-corrected chi connectivity index (χ2v) is 6.45. The Morgan fingerprint density at radius 2 is 2.12 bits per heavy atom. The molecule has 0 spiro atoms. The minimum absolute atomic E-state index is 0.00629. The van der Waals surface area contributed by atoms with E-state index in [2.05, 4.69) is 23.7 Å². The van der Waals surface area contributed by atoms with Gasteiger partial charge in [0.15, 0.2) is 18.1 Å². The van der Waals surface area contributed by atoms with E-state index >= 15 is 0 Å². The number of likely N-dealkylation sites (tertiary alicyclic amines) is 1. The summed E-state index contributed by atoms with van der Waals surface area (Å²) in [5.74, 6) is 1.15. The SMILES string of the molecule is C=CCc1ccc(OCC(=O)NC2CCN(CCC)CC2)c(OC)c1. The molecule has 1 aliphatic rings. The van der Waals surface area contributed by atoms with Crippen LogP contribution in [0.2, 0.25) is 0 Å². The highest BCUT2D eigenvalue weighted by molar-refractivity contribution is 5.78. The number of carbonyl (C=O) groups is 1. The summed E-state index contributed by atoms with van der Waals surface area (Å²) in [5.41, 5.74) is 1.10. The average Bonchev–Trinajstić information content (AvgIpc) is 2.62. The fourth-order valence-corrected chi connectivity index (χ4v) is 3.15. The van der Waals surface area contributed by atoms with E-state index in [1.807, 2.05) is 24.3 Å². The van der Waals surface area contributed by atoms with Crippen molar-refractivity contribution in [3.63, 3.8) is 0 Å². The largest absolute Gasteiger partial charge is 0.493 e. The summed E-state index contributed by atoms with van der Waals surface area (Å²) in [6.07, 6.45) is 5.80. The van der Waals surface area contributed by atoms with Crippen LogP contribution >= 0.6 is 0 Å². The molecule has 1 aromatic rings. The Labute approximate surface area is 151 Å². The molecule has 1 aromatic carbocycles. The number of benzene rings is 1. The maximum atomic E-state index is 12.2. The Balaban J connectivity index is 1.79. The fourth-order valence-electron chi connectivity index (χ4n) is 3.15. The molecule has 5 heteroatoms. The van der Waals surface area contributed by atoms with E-state index in [-0.39, 0.29) is 18.6 Å². The molecule has 0 aromatic heterocycles. The third-order valence-corrected chi connectivity index (χ3v) is 4.46. The predicted molar refractivity (Wildman–Crippen MR) is 100 cm³/mol. The van der Waals surface area contributed by atoms with Crippen LogP contribution in [0.3, 0.4) is 0 Å². The summed E-state index contributed by atoms with van der Waals surface area (Å²) in [7, 11) is 1.60. The third-order valence-electron chi connectivity index (χ3n) is 4.46. The van der Waals surface area contributed by atoms with E-state index in [9.17, 15) is 4.79 Å². The van der Waals surface area contributed by atoms with Crippen molar-refractivity contribution in [3.8, 4) is 11.5 Å². The maximum absolute atomic E-state index is 12.2. The van der Waals surface area contributed by atoms with Crippen molar-refractivity contribution in [2.75, 3.05) is 33.4 Å². The maximum Gasteiger partial charge on any atom is 0.258 e. The quantitative estimate of drug-likeness (QED) is 0.699. The van der Waals surface area contributed by atoms with Crippen molar-refractivity contribution in [1.29, 1.82) is 0 Å². The van der Waals surface area contributed by atoms with E-state index < -0.39 is 0 Å². The van der Waals surface area contributed by atoms with E-state index in [0.29, 0.717) is 11.5 Å². The normalized spacial score (nSPS) is 15.6. The van der Waals surface area contributed by atoms with Gasteiger partial charge in [-0.15, -0.1) is 6.58 Å². The minimum Gasteiger partial charge on any atom is -0.493 e. The zero-order valence-electron chi connectivity index (χ0n) is 15.4. The van der Waals surface area contributed by atoms with Crippen LogP contribution < -0.4 is 14.8 Å². The molecule has 0 unspecified atom stereocenters. The number of hydrogen-bond acceptors (Lipinski definition) is 4. The molecule has 25 heavy (non-hydrogen) atoms. The van der Waals surface area contributed by atoms with Gasteiger partial charge >= 0.3 is 0 Å². The van der Waals surface area contributed by atoms with E-state index in [0.717, 1.165) is 44.5 Å². The van der Waals surface area contributed by atoms with Crippen LogP contribution in [0, 0.1) is 0 Å². The second-order valence-electron chi connectivity index (χ2n) is 6.45. The van der Waals surface area contributed by atoms with E-state index in [1.54, 1.807) is 7.11 Å². The van der Waals surface area contributed by atoms with Crippen LogP contribution in [-0.4, -0.2) is 50.2 Å². The molecule has 1 aliphatic heterocycles. The lowest BCUT2D eigenvalue weighted by Gasteiger charge is -2.32. The number of nitrogens with zero attached hydrogens (tertiary/aromatic N) is 1. The zero-order chi connectivity index (χ0) is 18.1. The van der Waals surface area contributed by atoms with Gasteiger partial charge < -0.3 is 19.7 Å². The standard InChI is InChI=1S/C20H30N2O3/c1-4-6-16-7-8-18(19(14-16)24-3)25-15-20(23)21-17-9-12-22(11-5-2)13-10-17/h4,7-8,14,17H,1,5-6,9-13,15H2,2-3H3,(H,21,23). The number of nitrogens with one attached hydrogen (secondary N) is 1. The van der Waals surface area contributed by atoms with Gasteiger partial charge in [-0.25, -0.2) is 0 Å². The van der Waals surface area contributed by atoms with Gasteiger partial charge in [-0.05, 0) is 49.9 Å². The molecule has 1 heterocycles. The molecular formula is C20H30N2O3. The highest BCUT2D eigenvalue weighted by Gasteiger charge is 2.20. The molecule has 0 bridgehead atoms. The predicted octanol–water partition coefficient (Wildman–Crippen LogP) is 2.79. The second kappa shape index (κ2) is 10.1. The molecule has 0 atom stereocenters. The molecule has 0 saturated carbocycles. The van der Waals surface area contributed by atoms with Gasteiger partial charge in [0.05, 0.1) is 7.11 Å². The summed E-state index contributed by atoms with van der Waals surface area (Å²) in [5, 5.41) is 3.08. The Morgan fingerprint density at radius 1 is 1.36 bits per heavy atom. The summed E-state index contributed by atoms with van der Waals surface area (Å²) >= 11 is 0. The van der Waals surface area contributed by atoms with E-state index in [4.69, 9.17) is 9.47 Å². The summed E-state index contributed by atoms with van der Waals surface area (Å²) in [4.78, 5) is 14.6. The topological polar surface area (TPSA) is 50.8 Å². The molecule has 1 fully saturated rings. The van der Waals surface area contributed by atoms with Gasteiger partial charge in [-0.3, -0.25) is 4.79 Å². The first-order chi connectivity index (χ1) is 12.2. The molecule has 1 saturated heterocycles. The van der Waals surface area contributed by atoms with Crippen molar-refractivity contribution in [3.05, 3.63) is 36.4 Å². The third kappa shape index (κ3) is 6.09. The van der Waals surface area contributed by atoms with Crippen molar-refractivity contribution < 1.29 is 14.3 Å². The van der Waals surface area contributed by atoms with Gasteiger partial charge in [0.1, 0.15) is 0 Å². The van der Waals surface area contributed by atoms with Gasteiger partial charge in [-0.2, -0.15) is 0 Å². The Kier molecular flexibility index (Phi) is 7.79. The molecule has 0 aliphatic carbocycles. The van der Waals surface area contributed by atoms with Gasteiger partial charge in [-0.1, -0.05) is 19.1 Å². The molecule has 5 nitrogen and oxygen atoms in total. The monoisotopic (exact) mass is 346 g/mol. The molecule has 2 rings (SSSR count). The molecule has 0 radical (unpaired) electrons. The van der Waals surface area contributed by atoms with Crippen molar-refractivity contribution in [2.24, 2.45) is 0 Å². The highest BCUT2D eigenvalue weighted by atomic mass is 16.5. The number of carbonyl (C=O) groups excluding carboxylic acids is 1. The number of allylic oxidation sites excluding steroid dienone is 1. The van der Waals surface area contributed by atoms with Crippen LogP contribution in [0.15, 0.2) is 30.9 Å². The summed E-state index contributed by atoms with van der Waals surface area (Å²) < 4.78 is 11.0. The Hall–Kier alpha value is -2.01. The van der Waals surface area contributed by atoms with Gasteiger partial charge in [0, 0.05) is 19.1 Å². The number of methoxy groups -OCH3 is 1. The van der Waals surface area contributed by atoms with Gasteiger partial charge in [0.2, 0.25) is 0 Å². The molecule has 138 valence electrons. The van der Waals surface area contributed by atoms with Crippen molar-refractivity contribution in [2.45, 2.75) is 38.6 Å². The molecule has 1 amide bonds. The number of piperidine rings is 1. The highest BCUT2D eigenvalue weighted by Crippen LogP contribution is 2.28.